The molecule has 0 aliphatic heterocycles. The second kappa shape index (κ2) is 6.52. The van der Waals surface area contributed by atoms with Crippen LogP contribution in [0.2, 0.25) is 0 Å². The molecule has 0 aromatic heterocycles. The van der Waals surface area contributed by atoms with Gasteiger partial charge in [-0.1, -0.05) is 42.4 Å². The van der Waals surface area contributed by atoms with Crippen LogP contribution in [0.25, 0.3) is 0 Å². The van der Waals surface area contributed by atoms with Gasteiger partial charge in [0.05, 0.1) is 6.10 Å². The first kappa shape index (κ1) is 16.5. The van der Waals surface area contributed by atoms with E-state index in [-0.39, 0.29) is 11.5 Å². The lowest BCUT2D eigenvalue weighted by atomic mass is 9.49. The van der Waals surface area contributed by atoms with E-state index in [1.807, 2.05) is 6.08 Å². The SMILES string of the molecule is C=C1CC/C=C(\C)CC[C@@H]2[C@@H]1C[C@@]2(C)C[C@@H](O)C=C(C)C. The molecule has 0 spiro atoms. The summed E-state index contributed by atoms with van der Waals surface area (Å²) in [4.78, 5) is 0. The maximum atomic E-state index is 10.3. The molecule has 0 bridgehead atoms. The monoisotopic (exact) mass is 288 g/mol. The van der Waals surface area contributed by atoms with Gasteiger partial charge in [0, 0.05) is 0 Å². The van der Waals surface area contributed by atoms with E-state index in [1.54, 1.807) is 0 Å². The van der Waals surface area contributed by atoms with Crippen molar-refractivity contribution in [1.82, 2.24) is 0 Å². The second-order valence-electron chi connectivity index (χ2n) is 7.87. The fourth-order valence-corrected chi connectivity index (χ4v) is 4.43. The van der Waals surface area contributed by atoms with Gasteiger partial charge in [-0.3, -0.25) is 0 Å². The number of rotatable bonds is 3. The molecule has 0 aromatic rings. The Hall–Kier alpha value is -0.820. The minimum atomic E-state index is -0.293. The summed E-state index contributed by atoms with van der Waals surface area (Å²) in [7, 11) is 0. The van der Waals surface area contributed by atoms with Crippen molar-refractivity contribution in [2.75, 3.05) is 0 Å². The molecule has 1 heteroatoms. The van der Waals surface area contributed by atoms with E-state index >= 15 is 0 Å². The van der Waals surface area contributed by atoms with Gasteiger partial charge >= 0.3 is 0 Å². The van der Waals surface area contributed by atoms with E-state index in [4.69, 9.17) is 0 Å². The van der Waals surface area contributed by atoms with E-state index in [2.05, 4.69) is 40.3 Å². The number of fused-ring (bicyclic) bond motifs is 1. The predicted octanol–water partition coefficient (Wildman–Crippen LogP) is 5.42. The van der Waals surface area contributed by atoms with Crippen molar-refractivity contribution in [1.29, 1.82) is 0 Å². The molecule has 2 rings (SSSR count). The van der Waals surface area contributed by atoms with E-state index in [1.165, 1.54) is 36.0 Å². The van der Waals surface area contributed by atoms with E-state index < -0.39 is 0 Å². The number of allylic oxidation sites excluding steroid dienone is 4. The highest BCUT2D eigenvalue weighted by Crippen LogP contribution is 2.59. The lowest BCUT2D eigenvalue weighted by Crippen LogP contribution is -2.48. The molecule has 2 aliphatic carbocycles. The first-order chi connectivity index (χ1) is 9.82. The normalized spacial score (nSPS) is 37.0. The Morgan fingerprint density at radius 2 is 2.19 bits per heavy atom. The Morgan fingerprint density at radius 1 is 1.48 bits per heavy atom. The maximum absolute atomic E-state index is 10.3. The fourth-order valence-electron chi connectivity index (χ4n) is 4.43. The Morgan fingerprint density at radius 3 is 2.86 bits per heavy atom. The van der Waals surface area contributed by atoms with Crippen molar-refractivity contribution >= 4 is 0 Å². The zero-order chi connectivity index (χ0) is 15.6. The van der Waals surface area contributed by atoms with Gasteiger partial charge in [-0.15, -0.1) is 0 Å². The van der Waals surface area contributed by atoms with E-state index in [0.29, 0.717) is 11.8 Å². The van der Waals surface area contributed by atoms with Crippen molar-refractivity contribution in [2.24, 2.45) is 17.3 Å². The third kappa shape index (κ3) is 3.88. The quantitative estimate of drug-likeness (QED) is 0.687. The first-order valence-electron chi connectivity index (χ1n) is 8.48. The van der Waals surface area contributed by atoms with Crippen LogP contribution in [0.3, 0.4) is 0 Å². The number of aliphatic hydroxyl groups is 1. The van der Waals surface area contributed by atoms with Crippen LogP contribution in [0.1, 0.15) is 66.2 Å². The highest BCUT2D eigenvalue weighted by atomic mass is 16.3. The molecule has 0 aromatic carbocycles. The molecular formula is C20H32O. The summed E-state index contributed by atoms with van der Waals surface area (Å²) in [6.07, 6.45) is 11.0. The van der Waals surface area contributed by atoms with Gasteiger partial charge < -0.3 is 5.11 Å². The molecule has 1 saturated carbocycles. The Kier molecular flexibility index (Phi) is 5.14. The molecule has 1 fully saturated rings. The molecular weight excluding hydrogens is 256 g/mol. The molecule has 118 valence electrons. The van der Waals surface area contributed by atoms with E-state index in [0.717, 1.165) is 19.3 Å². The number of aliphatic hydroxyl groups excluding tert-OH is 1. The average Bonchev–Trinajstić information content (AvgIpc) is 2.39. The highest BCUT2D eigenvalue weighted by Gasteiger charge is 2.50. The molecule has 21 heavy (non-hydrogen) atoms. The molecule has 0 amide bonds. The first-order valence-corrected chi connectivity index (χ1v) is 8.48. The van der Waals surface area contributed by atoms with Gasteiger partial charge in [-0.25, -0.2) is 0 Å². The van der Waals surface area contributed by atoms with Crippen LogP contribution >= 0.6 is 0 Å². The number of hydrogen-bond donors (Lipinski definition) is 1. The van der Waals surface area contributed by atoms with Crippen LogP contribution in [0.5, 0.6) is 0 Å². The molecule has 1 N–H and O–H groups in total. The van der Waals surface area contributed by atoms with Crippen molar-refractivity contribution in [3.8, 4) is 0 Å². The van der Waals surface area contributed by atoms with Crippen LogP contribution in [-0.2, 0) is 0 Å². The van der Waals surface area contributed by atoms with Crippen LogP contribution in [0.4, 0.5) is 0 Å². The lowest BCUT2D eigenvalue weighted by molar-refractivity contribution is -0.0437. The predicted molar refractivity (Wildman–Crippen MR) is 91.1 cm³/mol. The third-order valence-corrected chi connectivity index (χ3v) is 5.60. The van der Waals surface area contributed by atoms with Gasteiger partial charge in [0.15, 0.2) is 0 Å². The minimum Gasteiger partial charge on any atom is -0.389 e. The van der Waals surface area contributed by atoms with Crippen LogP contribution in [0, 0.1) is 17.3 Å². The summed E-state index contributed by atoms with van der Waals surface area (Å²) in [5, 5.41) is 10.3. The standard InChI is InChI=1S/C20H32O/c1-14(2)11-17(21)12-20(5)13-18-16(4)8-6-7-15(3)9-10-19(18)20/h7,11,17-19,21H,4,6,8-10,12-13H2,1-3,5H3/b15-7+/t17-,18+,19+,20+/m0/s1. The van der Waals surface area contributed by atoms with Gasteiger partial charge in [0.25, 0.3) is 0 Å². The van der Waals surface area contributed by atoms with Crippen molar-refractivity contribution in [3.05, 3.63) is 35.5 Å². The lowest BCUT2D eigenvalue weighted by Gasteiger charge is -2.55. The fraction of sp³-hybridized carbons (Fsp3) is 0.700. The largest absolute Gasteiger partial charge is 0.389 e. The molecule has 0 saturated heterocycles. The molecule has 4 atom stereocenters. The molecule has 0 heterocycles. The summed E-state index contributed by atoms with van der Waals surface area (Å²) >= 11 is 0. The number of hydrogen-bond acceptors (Lipinski definition) is 1. The second-order valence-corrected chi connectivity index (χ2v) is 7.87. The Bertz CT molecular complexity index is 452. The molecule has 2 aliphatic rings. The summed E-state index contributed by atoms with van der Waals surface area (Å²) in [6.45, 7) is 13.1. The zero-order valence-corrected chi connectivity index (χ0v) is 14.3. The van der Waals surface area contributed by atoms with Crippen LogP contribution in [0.15, 0.2) is 35.5 Å². The highest BCUT2D eigenvalue weighted by molar-refractivity contribution is 5.18. The summed E-state index contributed by atoms with van der Waals surface area (Å²) in [5.74, 6) is 1.39. The molecule has 0 unspecified atom stereocenters. The molecule has 1 nitrogen and oxygen atoms in total. The summed E-state index contributed by atoms with van der Waals surface area (Å²) in [5.41, 5.74) is 4.46. The van der Waals surface area contributed by atoms with Crippen molar-refractivity contribution in [3.63, 3.8) is 0 Å². The topological polar surface area (TPSA) is 20.2 Å². The van der Waals surface area contributed by atoms with Gasteiger partial charge in [0.1, 0.15) is 0 Å². The van der Waals surface area contributed by atoms with Crippen LogP contribution in [-0.4, -0.2) is 11.2 Å². The Balaban J connectivity index is 2.08. The van der Waals surface area contributed by atoms with Crippen molar-refractivity contribution < 1.29 is 5.11 Å². The Labute approximate surface area is 130 Å². The maximum Gasteiger partial charge on any atom is 0.0728 e. The molecule has 0 radical (unpaired) electrons. The van der Waals surface area contributed by atoms with Gasteiger partial charge in [-0.2, -0.15) is 0 Å². The smallest absolute Gasteiger partial charge is 0.0728 e. The third-order valence-electron chi connectivity index (χ3n) is 5.60. The van der Waals surface area contributed by atoms with E-state index in [9.17, 15) is 5.11 Å². The summed E-state index contributed by atoms with van der Waals surface area (Å²) in [6, 6.07) is 0. The van der Waals surface area contributed by atoms with Gasteiger partial charge in [0.2, 0.25) is 0 Å². The van der Waals surface area contributed by atoms with Crippen LogP contribution < -0.4 is 0 Å². The average molecular weight is 288 g/mol. The summed E-state index contributed by atoms with van der Waals surface area (Å²) < 4.78 is 0. The van der Waals surface area contributed by atoms with Crippen molar-refractivity contribution in [2.45, 2.75) is 72.3 Å². The zero-order valence-electron chi connectivity index (χ0n) is 14.3. The van der Waals surface area contributed by atoms with Gasteiger partial charge in [-0.05, 0) is 76.5 Å². The minimum absolute atomic E-state index is 0.281.